The number of rotatable bonds is 21. The quantitative estimate of drug-likeness (QED) is 0.0435. The van der Waals surface area contributed by atoms with Crippen molar-refractivity contribution in [2.75, 3.05) is 26.9 Å². The van der Waals surface area contributed by atoms with Gasteiger partial charge in [0.15, 0.2) is 17.4 Å². The number of ketones is 2. The Kier molecular flexibility index (Phi) is 17.4. The van der Waals surface area contributed by atoms with Gasteiger partial charge >= 0.3 is 5.97 Å². The van der Waals surface area contributed by atoms with Gasteiger partial charge in [-0.25, -0.2) is 4.79 Å². The Morgan fingerprint density at radius 2 is 1.48 bits per heavy atom. The third-order valence-electron chi connectivity index (χ3n) is 15.5. The summed E-state index contributed by atoms with van der Waals surface area (Å²) in [6.45, 7) is 21.3. The number of methoxy groups -OCH3 is 1. The largest absolute Gasteiger partial charge is 0.497 e. The molecule has 0 aliphatic carbocycles. The number of hydrogen-bond acceptors (Lipinski definition) is 12. The predicted octanol–water partition coefficient (Wildman–Crippen LogP) is 9.76. The van der Waals surface area contributed by atoms with Crippen LogP contribution in [0.15, 0.2) is 96.6 Å². The van der Waals surface area contributed by atoms with E-state index in [1.54, 1.807) is 21.0 Å². The fourth-order valence-electron chi connectivity index (χ4n) is 11.5. The molecule has 1 spiro atoms. The third kappa shape index (κ3) is 12.7. The van der Waals surface area contributed by atoms with E-state index in [0.717, 1.165) is 37.0 Å². The number of Topliss-reactive ketones (excluding diaryl/α,β-unsaturated/α-hetero) is 2. The Morgan fingerprint density at radius 3 is 2.11 bits per heavy atom. The molecule has 4 saturated heterocycles. The standard InChI is InChI=1S/C58H80O12Si/c1-40(34-44(59)39-64-53(61)36-41(2)57(10)52(68-55(7,8)70-57)29-32-63-38-43-22-24-45(62-11)25-23-43)50(60)37-47-35-42(3)58(67-47)31-30-56(9)51(69-58)27-26-46(66-56)28-33-65-71(54(4,5)6,48-18-14-12-15-19-48)49-20-16-13-17-21-49/h12-25,36,40,42,46-47,51-52H,26-35,37-39H2,1-11H3/b41-36+/t40-,42-,46-,47+,51+,52+,56-,57+,58+/m0/s1. The first kappa shape index (κ1) is 54.7. The van der Waals surface area contributed by atoms with Crippen LogP contribution in [0.3, 0.4) is 0 Å². The number of ether oxygens (including phenoxy) is 8. The molecule has 4 aliphatic heterocycles. The van der Waals surface area contributed by atoms with E-state index >= 15 is 0 Å². The van der Waals surface area contributed by atoms with Crippen LogP contribution >= 0.6 is 0 Å². The highest BCUT2D eigenvalue weighted by atomic mass is 28.4. The topological polar surface area (TPSA) is 134 Å². The fraction of sp³-hybridized carbons (Fsp3) is 0.603. The van der Waals surface area contributed by atoms with Gasteiger partial charge in [-0.2, -0.15) is 0 Å². The van der Waals surface area contributed by atoms with Crippen LogP contribution in [0.2, 0.25) is 5.04 Å². The van der Waals surface area contributed by atoms with Crippen LogP contribution in [0, 0.1) is 11.8 Å². The highest BCUT2D eigenvalue weighted by Crippen LogP contribution is 2.51. The van der Waals surface area contributed by atoms with Gasteiger partial charge in [0.2, 0.25) is 0 Å². The normalized spacial score (nSPS) is 29.1. The van der Waals surface area contributed by atoms with Crippen LogP contribution in [0.1, 0.15) is 133 Å². The second-order valence-corrected chi connectivity index (χ2v) is 26.7. The zero-order valence-corrected chi connectivity index (χ0v) is 45.2. The van der Waals surface area contributed by atoms with Gasteiger partial charge in [-0.3, -0.25) is 9.59 Å². The predicted molar refractivity (Wildman–Crippen MR) is 275 cm³/mol. The second kappa shape index (κ2) is 22.6. The van der Waals surface area contributed by atoms with Gasteiger partial charge in [-0.1, -0.05) is 107 Å². The van der Waals surface area contributed by atoms with E-state index in [9.17, 15) is 14.4 Å². The van der Waals surface area contributed by atoms with Gasteiger partial charge in [0.1, 0.15) is 23.7 Å². The van der Waals surface area contributed by atoms with Crippen molar-refractivity contribution in [3.8, 4) is 5.75 Å². The second-order valence-electron chi connectivity index (χ2n) is 22.4. The van der Waals surface area contributed by atoms with Crippen LogP contribution in [0.5, 0.6) is 5.75 Å². The lowest BCUT2D eigenvalue weighted by molar-refractivity contribution is -0.343. The number of hydrogen-bond donors (Lipinski definition) is 0. The van der Waals surface area contributed by atoms with Crippen molar-refractivity contribution in [2.24, 2.45) is 11.8 Å². The molecular formula is C58H80O12Si. The molecule has 7 rings (SSSR count). The van der Waals surface area contributed by atoms with Crippen LogP contribution in [0.4, 0.5) is 0 Å². The summed E-state index contributed by atoms with van der Waals surface area (Å²) in [6.07, 6.45) is 5.86. The molecule has 13 heteroatoms. The van der Waals surface area contributed by atoms with Gasteiger partial charge < -0.3 is 42.3 Å². The average Bonchev–Trinajstić information content (AvgIpc) is 3.77. The van der Waals surface area contributed by atoms with Crippen LogP contribution in [-0.2, 0) is 58.6 Å². The molecule has 0 unspecified atom stereocenters. The molecule has 0 radical (unpaired) electrons. The highest BCUT2D eigenvalue weighted by Gasteiger charge is 2.58. The van der Waals surface area contributed by atoms with Crippen molar-refractivity contribution < 1.29 is 56.7 Å². The maximum atomic E-state index is 13.6. The van der Waals surface area contributed by atoms with Gasteiger partial charge in [0, 0.05) is 56.8 Å². The van der Waals surface area contributed by atoms with Crippen molar-refractivity contribution >= 4 is 36.2 Å². The molecule has 4 heterocycles. The average molecular weight is 997 g/mol. The maximum Gasteiger partial charge on any atom is 0.331 e. The molecule has 4 aliphatic rings. The lowest BCUT2D eigenvalue weighted by Gasteiger charge is -2.53. The Labute approximate surface area is 423 Å². The Hall–Kier alpha value is -4.05. The van der Waals surface area contributed by atoms with Gasteiger partial charge in [-0.05, 0) is 105 Å². The Balaban J connectivity index is 0.849. The van der Waals surface area contributed by atoms with Crippen molar-refractivity contribution in [3.63, 3.8) is 0 Å². The Morgan fingerprint density at radius 1 is 0.817 bits per heavy atom. The van der Waals surface area contributed by atoms with Gasteiger partial charge in [-0.15, -0.1) is 0 Å². The lowest BCUT2D eigenvalue weighted by Crippen LogP contribution is -2.66. The molecule has 0 N–H and O–H groups in total. The number of carbonyl (C=O) groups is 3. The monoisotopic (exact) mass is 997 g/mol. The van der Waals surface area contributed by atoms with Crippen molar-refractivity contribution in [1.82, 2.24) is 0 Å². The molecule has 388 valence electrons. The minimum Gasteiger partial charge on any atom is -0.497 e. The van der Waals surface area contributed by atoms with Crippen LogP contribution in [-0.4, -0.2) is 100.0 Å². The molecule has 3 aromatic carbocycles. The summed E-state index contributed by atoms with van der Waals surface area (Å²) in [5.74, 6) is -2.43. The zero-order valence-electron chi connectivity index (χ0n) is 44.2. The smallest absolute Gasteiger partial charge is 0.331 e. The summed E-state index contributed by atoms with van der Waals surface area (Å²) in [6, 6.07) is 29.2. The zero-order chi connectivity index (χ0) is 51.2. The summed E-state index contributed by atoms with van der Waals surface area (Å²) < 4.78 is 57.0. The van der Waals surface area contributed by atoms with E-state index in [2.05, 4.69) is 95.3 Å². The molecular weight excluding hydrogens is 917 g/mol. The first-order chi connectivity index (χ1) is 33.6. The van der Waals surface area contributed by atoms with Gasteiger partial charge in [0.25, 0.3) is 8.32 Å². The van der Waals surface area contributed by atoms with E-state index in [-0.39, 0.29) is 53.7 Å². The minimum atomic E-state index is -2.66. The first-order valence-corrected chi connectivity index (χ1v) is 27.8. The first-order valence-electron chi connectivity index (χ1n) is 25.9. The third-order valence-corrected chi connectivity index (χ3v) is 20.6. The van der Waals surface area contributed by atoms with Crippen molar-refractivity contribution in [2.45, 2.75) is 186 Å². The van der Waals surface area contributed by atoms with Crippen molar-refractivity contribution in [1.29, 1.82) is 0 Å². The number of benzene rings is 3. The molecule has 3 aromatic rings. The van der Waals surface area contributed by atoms with Crippen LogP contribution in [0.25, 0.3) is 0 Å². The fourth-order valence-corrected chi connectivity index (χ4v) is 16.0. The summed E-state index contributed by atoms with van der Waals surface area (Å²) >= 11 is 0. The maximum absolute atomic E-state index is 13.6. The molecule has 0 bridgehead atoms. The number of esters is 1. The summed E-state index contributed by atoms with van der Waals surface area (Å²) in [5.41, 5.74) is 0.232. The summed E-state index contributed by atoms with van der Waals surface area (Å²) in [7, 11) is -1.02. The molecule has 12 nitrogen and oxygen atoms in total. The molecule has 71 heavy (non-hydrogen) atoms. The van der Waals surface area contributed by atoms with Crippen LogP contribution < -0.4 is 15.1 Å². The molecule has 9 atom stereocenters. The van der Waals surface area contributed by atoms with E-state index < -0.39 is 55.7 Å². The van der Waals surface area contributed by atoms with E-state index in [1.807, 2.05) is 45.0 Å². The number of fused-ring (bicyclic) bond motifs is 1. The molecule has 0 amide bonds. The Bertz CT molecular complexity index is 2260. The summed E-state index contributed by atoms with van der Waals surface area (Å²) in [5, 5.41) is 2.44. The molecule has 4 fully saturated rings. The minimum absolute atomic E-state index is 0.0396. The van der Waals surface area contributed by atoms with E-state index in [4.69, 9.17) is 42.3 Å². The highest BCUT2D eigenvalue weighted by molar-refractivity contribution is 6.99. The SMILES string of the molecule is COc1ccc(COCC[C@H]2OC(C)(C)O[C@]2(C)/C(C)=C/C(=O)OCC(=O)C[C@H](C)C(=O)C[C@H]2C[C@H](C)[C@]3(CC[C@]4(C)O[C@H](CCO[Si](c5ccccc5)(c5ccccc5)C(C)(C)C)CC[C@H]4O3)O2)cc1. The summed E-state index contributed by atoms with van der Waals surface area (Å²) in [4.78, 5) is 39.7. The number of carbonyl (C=O) groups excluding carboxylic acids is 3. The van der Waals surface area contributed by atoms with Gasteiger partial charge in [0.05, 0.1) is 43.7 Å². The van der Waals surface area contributed by atoms with E-state index in [1.165, 1.54) is 16.4 Å². The lowest BCUT2D eigenvalue weighted by atomic mass is 9.79. The molecule has 0 aromatic heterocycles. The molecule has 0 saturated carbocycles. The van der Waals surface area contributed by atoms with E-state index in [0.29, 0.717) is 44.7 Å². The van der Waals surface area contributed by atoms with Crippen molar-refractivity contribution in [3.05, 3.63) is 102 Å².